The number of halogens is 1. The van der Waals surface area contributed by atoms with E-state index in [9.17, 15) is 9.59 Å². The van der Waals surface area contributed by atoms with Gasteiger partial charge in [0.2, 0.25) is 0 Å². The van der Waals surface area contributed by atoms with Crippen LogP contribution in [0.5, 0.6) is 0 Å². The third-order valence-corrected chi connectivity index (χ3v) is 6.50. The number of hydrogen-bond donors (Lipinski definition) is 0. The van der Waals surface area contributed by atoms with Gasteiger partial charge in [-0.05, 0) is 36.2 Å². The molecule has 1 fully saturated rings. The molecule has 2 unspecified atom stereocenters. The molecule has 0 aromatic heterocycles. The fourth-order valence-corrected chi connectivity index (χ4v) is 4.82. The van der Waals surface area contributed by atoms with Gasteiger partial charge in [0.25, 0.3) is 5.91 Å². The molecular formula is C22H24BrNO3S. The molecule has 28 heavy (non-hydrogen) atoms. The number of hydrogen-bond acceptors (Lipinski definition) is 4. The average Bonchev–Trinajstić information content (AvgIpc) is 3.12. The number of esters is 1. The van der Waals surface area contributed by atoms with Crippen molar-refractivity contribution < 1.29 is 14.3 Å². The summed E-state index contributed by atoms with van der Waals surface area (Å²) in [6.45, 7) is 2.46. The van der Waals surface area contributed by atoms with E-state index in [4.69, 9.17) is 4.74 Å². The van der Waals surface area contributed by atoms with Gasteiger partial charge in [0.05, 0.1) is 12.0 Å². The first-order valence-corrected chi connectivity index (χ1v) is 11.3. The molecule has 1 aliphatic heterocycles. The Bertz CT molecular complexity index is 797. The van der Waals surface area contributed by atoms with Crippen LogP contribution in [0.25, 0.3) is 0 Å². The van der Waals surface area contributed by atoms with Gasteiger partial charge in [-0.2, -0.15) is 0 Å². The van der Waals surface area contributed by atoms with Gasteiger partial charge in [-0.3, -0.25) is 4.79 Å². The molecule has 0 radical (unpaired) electrons. The number of carbonyl (C=O) groups is 2. The van der Waals surface area contributed by atoms with Crippen molar-refractivity contribution >= 4 is 39.6 Å². The molecule has 1 amide bonds. The Labute approximate surface area is 178 Å². The molecule has 2 aromatic rings. The molecule has 4 nitrogen and oxygen atoms in total. The van der Waals surface area contributed by atoms with E-state index >= 15 is 0 Å². The summed E-state index contributed by atoms with van der Waals surface area (Å²) in [6.07, 6.45) is 2.50. The van der Waals surface area contributed by atoms with Crippen LogP contribution in [-0.4, -0.2) is 40.6 Å². The molecule has 0 N–H and O–H groups in total. The second kappa shape index (κ2) is 10.1. The molecule has 1 saturated heterocycles. The van der Waals surface area contributed by atoms with Gasteiger partial charge in [-0.15, -0.1) is 11.8 Å². The van der Waals surface area contributed by atoms with Crippen LogP contribution in [0.4, 0.5) is 0 Å². The highest BCUT2D eigenvalue weighted by Gasteiger charge is 2.42. The van der Waals surface area contributed by atoms with Crippen molar-refractivity contribution in [2.24, 2.45) is 0 Å². The zero-order valence-corrected chi connectivity index (χ0v) is 18.2. The van der Waals surface area contributed by atoms with Crippen molar-refractivity contribution in [3.8, 4) is 0 Å². The second-order valence-corrected chi connectivity index (χ2v) is 8.86. The highest BCUT2D eigenvalue weighted by molar-refractivity contribution is 9.10. The molecule has 2 aromatic carbocycles. The van der Waals surface area contributed by atoms with Crippen LogP contribution in [0.15, 0.2) is 59.1 Å². The molecule has 1 aliphatic rings. The minimum absolute atomic E-state index is 0.0951. The lowest BCUT2D eigenvalue weighted by Gasteiger charge is -2.28. The Morgan fingerprint density at radius 1 is 1.14 bits per heavy atom. The summed E-state index contributed by atoms with van der Waals surface area (Å²) >= 11 is 5.04. The first kappa shape index (κ1) is 20.9. The lowest BCUT2D eigenvalue weighted by Crippen LogP contribution is -2.47. The van der Waals surface area contributed by atoms with Gasteiger partial charge in [-0.1, -0.05) is 59.6 Å². The average molecular weight is 462 g/mol. The number of nitrogens with zero attached hydrogens (tertiary/aromatic N) is 1. The van der Waals surface area contributed by atoms with Crippen LogP contribution in [0.2, 0.25) is 0 Å². The van der Waals surface area contributed by atoms with Gasteiger partial charge in [0, 0.05) is 22.2 Å². The van der Waals surface area contributed by atoms with E-state index in [-0.39, 0.29) is 17.3 Å². The van der Waals surface area contributed by atoms with Gasteiger partial charge in [0.1, 0.15) is 6.04 Å². The number of rotatable bonds is 7. The van der Waals surface area contributed by atoms with Crippen LogP contribution >= 0.6 is 27.7 Å². The number of thioether (sulfide) groups is 1. The predicted octanol–water partition coefficient (Wildman–Crippen LogP) is 4.92. The molecule has 6 heteroatoms. The topological polar surface area (TPSA) is 46.6 Å². The monoisotopic (exact) mass is 461 g/mol. The first-order chi connectivity index (χ1) is 13.6. The molecule has 2 atom stereocenters. The van der Waals surface area contributed by atoms with Crippen LogP contribution in [-0.2, 0) is 16.0 Å². The molecule has 3 rings (SSSR count). The minimum atomic E-state index is -0.549. The zero-order valence-electron chi connectivity index (χ0n) is 15.8. The summed E-state index contributed by atoms with van der Waals surface area (Å²) in [4.78, 5) is 27.7. The highest BCUT2D eigenvalue weighted by Crippen LogP contribution is 2.34. The standard InChI is InChI=1S/C22H24BrNO3S/c1-2-3-13-27-22(26)19-15-28-20(14-16-7-5-4-6-8-16)24(19)21(25)17-9-11-18(23)12-10-17/h4-12,19-20H,2-3,13-15H2,1H3. The van der Waals surface area contributed by atoms with Crippen molar-refractivity contribution in [3.63, 3.8) is 0 Å². The minimum Gasteiger partial charge on any atom is -0.464 e. The lowest BCUT2D eigenvalue weighted by molar-refractivity contribution is -0.148. The summed E-state index contributed by atoms with van der Waals surface area (Å²) in [5, 5.41) is -0.0951. The SMILES string of the molecule is CCCCOC(=O)C1CSC(Cc2ccccc2)N1C(=O)c1ccc(Br)cc1. The largest absolute Gasteiger partial charge is 0.464 e. The summed E-state index contributed by atoms with van der Waals surface area (Å²) in [7, 11) is 0. The summed E-state index contributed by atoms with van der Waals surface area (Å²) in [5.41, 5.74) is 1.73. The Balaban J connectivity index is 1.82. The Morgan fingerprint density at radius 2 is 1.86 bits per heavy atom. The highest BCUT2D eigenvalue weighted by atomic mass is 79.9. The molecule has 1 heterocycles. The number of unbranched alkanes of at least 4 members (excludes halogenated alkanes) is 1. The molecule has 0 bridgehead atoms. The van der Waals surface area contributed by atoms with Gasteiger partial charge in [0.15, 0.2) is 0 Å². The van der Waals surface area contributed by atoms with E-state index in [0.29, 0.717) is 24.3 Å². The van der Waals surface area contributed by atoms with Crippen molar-refractivity contribution in [1.82, 2.24) is 4.90 Å². The summed E-state index contributed by atoms with van der Waals surface area (Å²) < 4.78 is 6.36. The van der Waals surface area contributed by atoms with Gasteiger partial charge >= 0.3 is 5.97 Å². The Morgan fingerprint density at radius 3 is 2.54 bits per heavy atom. The summed E-state index contributed by atoms with van der Waals surface area (Å²) in [5.74, 6) is 0.128. The third kappa shape index (κ3) is 5.17. The second-order valence-electron chi connectivity index (χ2n) is 6.73. The molecule has 0 saturated carbocycles. The van der Waals surface area contributed by atoms with Crippen LogP contribution < -0.4 is 0 Å². The molecule has 0 spiro atoms. The third-order valence-electron chi connectivity index (χ3n) is 4.69. The fourth-order valence-electron chi connectivity index (χ4n) is 3.15. The molecule has 0 aliphatic carbocycles. The molecular weight excluding hydrogens is 438 g/mol. The molecule has 148 valence electrons. The van der Waals surface area contributed by atoms with E-state index in [1.165, 1.54) is 0 Å². The first-order valence-electron chi connectivity index (χ1n) is 9.50. The van der Waals surface area contributed by atoms with E-state index in [1.54, 1.807) is 28.8 Å². The van der Waals surface area contributed by atoms with Gasteiger partial charge < -0.3 is 9.64 Å². The quantitative estimate of drug-likeness (QED) is 0.433. The Kier molecular flexibility index (Phi) is 7.57. The normalized spacial score (nSPS) is 18.9. The summed E-state index contributed by atoms with van der Waals surface area (Å²) in [6, 6.07) is 16.8. The fraction of sp³-hybridized carbons (Fsp3) is 0.364. The predicted molar refractivity (Wildman–Crippen MR) is 116 cm³/mol. The maximum atomic E-state index is 13.3. The van der Waals surface area contributed by atoms with E-state index < -0.39 is 6.04 Å². The van der Waals surface area contributed by atoms with Crippen LogP contribution in [0.1, 0.15) is 35.7 Å². The maximum absolute atomic E-state index is 13.3. The number of ether oxygens (including phenoxy) is 1. The van der Waals surface area contributed by atoms with Crippen molar-refractivity contribution in [1.29, 1.82) is 0 Å². The van der Waals surface area contributed by atoms with E-state index in [2.05, 4.69) is 35.0 Å². The lowest BCUT2D eigenvalue weighted by atomic mass is 10.1. The van der Waals surface area contributed by atoms with Crippen molar-refractivity contribution in [2.45, 2.75) is 37.6 Å². The number of benzene rings is 2. The van der Waals surface area contributed by atoms with E-state index in [0.717, 1.165) is 22.9 Å². The zero-order chi connectivity index (χ0) is 19.9. The smallest absolute Gasteiger partial charge is 0.329 e. The van der Waals surface area contributed by atoms with E-state index in [1.807, 2.05) is 30.3 Å². The number of carbonyl (C=O) groups excluding carboxylic acids is 2. The number of amides is 1. The van der Waals surface area contributed by atoms with Crippen LogP contribution in [0.3, 0.4) is 0 Å². The Hall–Kier alpha value is -1.79. The van der Waals surface area contributed by atoms with Crippen molar-refractivity contribution in [2.75, 3.05) is 12.4 Å². The maximum Gasteiger partial charge on any atom is 0.329 e. The van der Waals surface area contributed by atoms with Crippen molar-refractivity contribution in [3.05, 3.63) is 70.2 Å². The van der Waals surface area contributed by atoms with Crippen LogP contribution in [0, 0.1) is 0 Å². The van der Waals surface area contributed by atoms with Gasteiger partial charge in [-0.25, -0.2) is 4.79 Å².